The van der Waals surface area contributed by atoms with Crippen LogP contribution in [0.3, 0.4) is 0 Å². The molecule has 0 radical (unpaired) electrons. The highest BCUT2D eigenvalue weighted by atomic mass is 19.4. The SMILES string of the molecule is Oc1ccc(-c2noc(C3(COc4c(F)cccc4OC(F)(F)F)CC3)c2-c2ccccc2)cc1. The van der Waals surface area contributed by atoms with Gasteiger partial charge in [0.1, 0.15) is 18.1 Å². The zero-order valence-electron chi connectivity index (χ0n) is 18.2. The molecule has 35 heavy (non-hydrogen) atoms. The number of phenols is 1. The lowest BCUT2D eigenvalue weighted by molar-refractivity contribution is -0.275. The van der Waals surface area contributed by atoms with Crippen molar-refractivity contribution in [3.05, 3.63) is 84.4 Å². The number of benzene rings is 3. The Morgan fingerprint density at radius 3 is 2.29 bits per heavy atom. The van der Waals surface area contributed by atoms with Gasteiger partial charge >= 0.3 is 6.36 Å². The van der Waals surface area contributed by atoms with Crippen molar-refractivity contribution in [2.24, 2.45) is 0 Å². The molecule has 0 bridgehead atoms. The van der Waals surface area contributed by atoms with Crippen molar-refractivity contribution >= 4 is 0 Å². The van der Waals surface area contributed by atoms with Crippen LogP contribution in [-0.2, 0) is 5.41 Å². The van der Waals surface area contributed by atoms with Gasteiger partial charge in [0, 0.05) is 5.56 Å². The third-order valence-corrected chi connectivity index (χ3v) is 5.88. The van der Waals surface area contributed by atoms with E-state index in [1.165, 1.54) is 12.1 Å². The minimum absolute atomic E-state index is 0.104. The molecule has 1 aliphatic rings. The maximum atomic E-state index is 14.4. The number of para-hydroxylation sites is 1. The van der Waals surface area contributed by atoms with Gasteiger partial charge in [-0.15, -0.1) is 13.2 Å². The van der Waals surface area contributed by atoms with Crippen molar-refractivity contribution < 1.29 is 36.7 Å². The van der Waals surface area contributed by atoms with Crippen LogP contribution < -0.4 is 9.47 Å². The van der Waals surface area contributed by atoms with Gasteiger partial charge in [-0.25, -0.2) is 4.39 Å². The van der Waals surface area contributed by atoms with Crippen LogP contribution in [0.2, 0.25) is 0 Å². The Bertz CT molecular complexity index is 1330. The first-order valence-electron chi connectivity index (χ1n) is 10.8. The Morgan fingerprint density at radius 1 is 0.914 bits per heavy atom. The van der Waals surface area contributed by atoms with Gasteiger partial charge in [-0.05, 0) is 54.8 Å². The molecule has 1 heterocycles. The van der Waals surface area contributed by atoms with Crippen LogP contribution in [0, 0.1) is 5.82 Å². The fourth-order valence-electron chi connectivity index (χ4n) is 3.97. The summed E-state index contributed by atoms with van der Waals surface area (Å²) < 4.78 is 68.1. The van der Waals surface area contributed by atoms with E-state index in [4.69, 9.17) is 9.26 Å². The summed E-state index contributed by atoms with van der Waals surface area (Å²) in [5.41, 5.74) is 2.08. The molecular weight excluding hydrogens is 466 g/mol. The molecule has 0 amide bonds. The maximum Gasteiger partial charge on any atom is 0.573 e. The zero-order valence-corrected chi connectivity index (χ0v) is 18.2. The van der Waals surface area contributed by atoms with Gasteiger partial charge in [0.2, 0.25) is 0 Å². The van der Waals surface area contributed by atoms with Crippen LogP contribution in [-0.4, -0.2) is 23.2 Å². The average molecular weight is 485 g/mol. The number of hydrogen-bond donors (Lipinski definition) is 1. The Kier molecular flexibility index (Phi) is 5.62. The monoisotopic (exact) mass is 485 g/mol. The van der Waals surface area contributed by atoms with Crippen molar-refractivity contribution in [3.63, 3.8) is 0 Å². The quantitative estimate of drug-likeness (QED) is 0.290. The van der Waals surface area contributed by atoms with Crippen molar-refractivity contribution in [1.29, 1.82) is 0 Å². The lowest BCUT2D eigenvalue weighted by Gasteiger charge is -2.18. The summed E-state index contributed by atoms with van der Waals surface area (Å²) in [5.74, 6) is -1.73. The van der Waals surface area contributed by atoms with Crippen LogP contribution in [0.4, 0.5) is 17.6 Å². The highest BCUT2D eigenvalue weighted by Gasteiger charge is 2.51. The second kappa shape index (κ2) is 8.65. The minimum Gasteiger partial charge on any atom is -0.508 e. The molecule has 0 saturated heterocycles. The second-order valence-electron chi connectivity index (χ2n) is 8.33. The summed E-state index contributed by atoms with van der Waals surface area (Å²) in [4.78, 5) is 0. The van der Waals surface area contributed by atoms with Crippen molar-refractivity contribution in [2.45, 2.75) is 24.6 Å². The number of rotatable bonds is 7. The van der Waals surface area contributed by atoms with E-state index in [2.05, 4.69) is 9.89 Å². The number of halogens is 4. The highest BCUT2D eigenvalue weighted by Crippen LogP contribution is 2.54. The molecule has 3 aromatic carbocycles. The molecule has 9 heteroatoms. The number of alkyl halides is 3. The van der Waals surface area contributed by atoms with Gasteiger partial charge in [-0.2, -0.15) is 0 Å². The van der Waals surface area contributed by atoms with E-state index in [-0.39, 0.29) is 12.4 Å². The average Bonchev–Trinajstić information content (AvgIpc) is 3.47. The lowest BCUT2D eigenvalue weighted by atomic mass is 9.92. The number of aromatic nitrogens is 1. The summed E-state index contributed by atoms with van der Waals surface area (Å²) in [6.45, 7) is -0.133. The normalized spacial score (nSPS) is 14.5. The van der Waals surface area contributed by atoms with Gasteiger partial charge in [-0.3, -0.25) is 0 Å². The van der Waals surface area contributed by atoms with Crippen LogP contribution >= 0.6 is 0 Å². The van der Waals surface area contributed by atoms with Crippen LogP contribution in [0.1, 0.15) is 18.6 Å². The predicted octanol–water partition coefficient (Wildman–Crippen LogP) is 6.86. The molecule has 4 aromatic rings. The van der Waals surface area contributed by atoms with E-state index in [9.17, 15) is 22.7 Å². The summed E-state index contributed by atoms with van der Waals surface area (Å²) in [7, 11) is 0. The largest absolute Gasteiger partial charge is 0.573 e. The summed E-state index contributed by atoms with van der Waals surface area (Å²) in [6.07, 6.45) is -3.77. The Labute approximate surface area is 197 Å². The molecule has 180 valence electrons. The molecule has 5 rings (SSSR count). The van der Waals surface area contributed by atoms with Crippen LogP contribution in [0.5, 0.6) is 17.2 Å². The molecule has 0 aliphatic heterocycles. The Balaban J connectivity index is 1.51. The number of aromatic hydroxyl groups is 1. The minimum atomic E-state index is -4.99. The topological polar surface area (TPSA) is 64.7 Å². The molecule has 0 spiro atoms. The number of ether oxygens (including phenoxy) is 2. The van der Waals surface area contributed by atoms with Crippen molar-refractivity contribution in [2.75, 3.05) is 6.61 Å². The fourth-order valence-corrected chi connectivity index (χ4v) is 3.97. The van der Waals surface area contributed by atoms with Crippen LogP contribution in [0.15, 0.2) is 77.3 Å². The first-order chi connectivity index (χ1) is 16.8. The van der Waals surface area contributed by atoms with Gasteiger partial charge in [0.25, 0.3) is 0 Å². The lowest BCUT2D eigenvalue weighted by Crippen LogP contribution is -2.21. The molecule has 5 nitrogen and oxygen atoms in total. The third kappa shape index (κ3) is 4.66. The molecule has 1 aromatic heterocycles. The van der Waals surface area contributed by atoms with E-state index in [0.717, 1.165) is 23.8 Å². The molecule has 1 aliphatic carbocycles. The fraction of sp³-hybridized carbons (Fsp3) is 0.192. The maximum absolute atomic E-state index is 14.4. The summed E-state index contributed by atoms with van der Waals surface area (Å²) >= 11 is 0. The van der Waals surface area contributed by atoms with Gasteiger partial charge in [0.15, 0.2) is 23.1 Å². The second-order valence-corrected chi connectivity index (χ2v) is 8.33. The Hall–Kier alpha value is -4.01. The molecule has 0 atom stereocenters. The molecule has 1 fully saturated rings. The van der Waals surface area contributed by atoms with Crippen molar-refractivity contribution in [1.82, 2.24) is 5.16 Å². The number of nitrogens with zero attached hydrogens (tertiary/aromatic N) is 1. The van der Waals surface area contributed by atoms with E-state index >= 15 is 0 Å². The van der Waals surface area contributed by atoms with E-state index < -0.39 is 29.1 Å². The third-order valence-electron chi connectivity index (χ3n) is 5.88. The number of phenolic OH excluding ortho intramolecular Hbond substituents is 1. The summed E-state index contributed by atoms with van der Waals surface area (Å²) in [6, 6.07) is 19.0. The first kappa shape index (κ1) is 22.8. The van der Waals surface area contributed by atoms with Crippen molar-refractivity contribution in [3.8, 4) is 39.6 Å². The molecule has 1 saturated carbocycles. The van der Waals surface area contributed by atoms with Gasteiger partial charge in [0.05, 0.1) is 11.0 Å². The summed E-state index contributed by atoms with van der Waals surface area (Å²) in [5, 5.41) is 13.9. The first-order valence-corrected chi connectivity index (χ1v) is 10.8. The Morgan fingerprint density at radius 2 is 1.63 bits per heavy atom. The zero-order chi connectivity index (χ0) is 24.6. The molecule has 0 unspecified atom stereocenters. The number of hydrogen-bond acceptors (Lipinski definition) is 5. The smallest absolute Gasteiger partial charge is 0.508 e. The molecule has 1 N–H and O–H groups in total. The van der Waals surface area contributed by atoms with Crippen LogP contribution in [0.25, 0.3) is 22.4 Å². The highest BCUT2D eigenvalue weighted by molar-refractivity contribution is 5.83. The predicted molar refractivity (Wildman–Crippen MR) is 119 cm³/mol. The molecular formula is C26H19F4NO4. The van der Waals surface area contributed by atoms with Gasteiger partial charge < -0.3 is 19.1 Å². The van der Waals surface area contributed by atoms with E-state index in [1.54, 1.807) is 12.1 Å². The van der Waals surface area contributed by atoms with Gasteiger partial charge in [-0.1, -0.05) is 41.6 Å². The van der Waals surface area contributed by atoms with E-state index in [1.807, 2.05) is 30.3 Å². The van der Waals surface area contributed by atoms with E-state index in [0.29, 0.717) is 35.4 Å². The standard InChI is InChI=1S/C26H19F4NO4/c27-19-7-4-8-20(34-26(28,29)30)23(19)33-15-25(13-14-25)24-21(16-5-2-1-3-6-16)22(31-35-24)17-9-11-18(32)12-10-17/h1-12,32H,13-15H2.